The summed E-state index contributed by atoms with van der Waals surface area (Å²) in [6.07, 6.45) is 2.38. The van der Waals surface area contributed by atoms with Crippen molar-refractivity contribution >= 4 is 35.0 Å². The molecule has 1 saturated heterocycles. The Balaban J connectivity index is 1.69. The SMILES string of the molecule is CCC(CN1CC[C@@H](CNC(=O)c2ccc(Cl)c(Cl)c2)N[C@@H](CCNC(C)(C)C)C1=O)c1ccccc1. The number of hydrogen-bond donors (Lipinski definition) is 3. The molecule has 8 heteroatoms. The smallest absolute Gasteiger partial charge is 0.251 e. The number of benzene rings is 2. The number of nitrogens with one attached hydrogen (secondary N) is 3. The minimum absolute atomic E-state index is 0.0265. The molecule has 6 nitrogen and oxygen atoms in total. The molecule has 3 rings (SSSR count). The standard InChI is InChI=1S/C29H40Cl2N4O2/c1-5-20(21-9-7-6-8-10-21)19-35-16-14-23(34-26(28(35)37)13-15-33-29(2,3)4)18-32-27(36)22-11-12-24(30)25(31)17-22/h6-12,17,20,23,26,33-34H,5,13-16,18-19H2,1-4H3,(H,32,36)/t20?,23-,26-/m0/s1. The van der Waals surface area contributed by atoms with Crippen molar-refractivity contribution in [1.29, 1.82) is 0 Å². The molecule has 1 heterocycles. The Morgan fingerprint density at radius 2 is 1.86 bits per heavy atom. The van der Waals surface area contributed by atoms with E-state index < -0.39 is 0 Å². The van der Waals surface area contributed by atoms with Crippen LogP contribution in [-0.4, -0.2) is 60.5 Å². The van der Waals surface area contributed by atoms with E-state index in [0.717, 1.165) is 19.4 Å². The number of rotatable bonds is 10. The first kappa shape index (κ1) is 29.4. The van der Waals surface area contributed by atoms with Crippen LogP contribution in [0.3, 0.4) is 0 Å². The maximum absolute atomic E-state index is 13.7. The average Bonchev–Trinajstić information content (AvgIpc) is 3.01. The summed E-state index contributed by atoms with van der Waals surface area (Å²) in [7, 11) is 0. The van der Waals surface area contributed by atoms with Crippen molar-refractivity contribution in [3.63, 3.8) is 0 Å². The summed E-state index contributed by atoms with van der Waals surface area (Å²) in [6.45, 7) is 11.0. The molecule has 1 fully saturated rings. The molecule has 37 heavy (non-hydrogen) atoms. The molecule has 0 saturated carbocycles. The molecule has 0 aromatic heterocycles. The molecule has 1 aliphatic heterocycles. The zero-order valence-corrected chi connectivity index (χ0v) is 23.8. The lowest BCUT2D eigenvalue weighted by Gasteiger charge is -2.29. The number of hydrogen-bond acceptors (Lipinski definition) is 4. The van der Waals surface area contributed by atoms with E-state index in [2.05, 4.69) is 67.9 Å². The van der Waals surface area contributed by atoms with E-state index >= 15 is 0 Å². The highest BCUT2D eigenvalue weighted by Crippen LogP contribution is 2.24. The van der Waals surface area contributed by atoms with Crippen molar-refractivity contribution < 1.29 is 9.59 Å². The quantitative estimate of drug-likeness (QED) is 0.380. The summed E-state index contributed by atoms with van der Waals surface area (Å²) in [5.41, 5.74) is 1.69. The van der Waals surface area contributed by atoms with Crippen molar-refractivity contribution in [3.8, 4) is 0 Å². The topological polar surface area (TPSA) is 73.5 Å². The van der Waals surface area contributed by atoms with Gasteiger partial charge in [0.15, 0.2) is 0 Å². The van der Waals surface area contributed by atoms with E-state index in [1.165, 1.54) is 5.56 Å². The lowest BCUT2D eigenvalue weighted by molar-refractivity contribution is -0.133. The molecule has 0 bridgehead atoms. The van der Waals surface area contributed by atoms with Gasteiger partial charge in [-0.05, 0) is 70.3 Å². The summed E-state index contributed by atoms with van der Waals surface area (Å²) in [5, 5.41) is 10.8. The van der Waals surface area contributed by atoms with Crippen LogP contribution in [-0.2, 0) is 4.79 Å². The van der Waals surface area contributed by atoms with Crippen LogP contribution in [0.25, 0.3) is 0 Å². The van der Waals surface area contributed by atoms with Gasteiger partial charge >= 0.3 is 0 Å². The van der Waals surface area contributed by atoms with Crippen molar-refractivity contribution in [2.75, 3.05) is 26.2 Å². The van der Waals surface area contributed by atoms with Crippen LogP contribution in [0.5, 0.6) is 0 Å². The summed E-state index contributed by atoms with van der Waals surface area (Å²) in [5.74, 6) is 0.196. The van der Waals surface area contributed by atoms with Gasteiger partial charge in [-0.2, -0.15) is 0 Å². The third kappa shape index (κ3) is 8.99. The Bertz CT molecular complexity index is 1040. The number of carbonyl (C=O) groups excluding carboxylic acids is 2. The van der Waals surface area contributed by atoms with Crippen LogP contribution < -0.4 is 16.0 Å². The number of carbonyl (C=O) groups is 2. The van der Waals surface area contributed by atoms with Gasteiger partial charge in [0, 0.05) is 42.7 Å². The van der Waals surface area contributed by atoms with Crippen LogP contribution in [0.4, 0.5) is 0 Å². The Hall–Kier alpha value is -2.12. The second-order valence-corrected chi connectivity index (χ2v) is 11.6. The van der Waals surface area contributed by atoms with E-state index in [0.29, 0.717) is 41.7 Å². The first-order chi connectivity index (χ1) is 17.6. The van der Waals surface area contributed by atoms with Crippen LogP contribution in [0.15, 0.2) is 48.5 Å². The van der Waals surface area contributed by atoms with Gasteiger partial charge in [0.1, 0.15) is 0 Å². The third-order valence-electron chi connectivity index (χ3n) is 6.78. The van der Waals surface area contributed by atoms with E-state index in [-0.39, 0.29) is 35.4 Å². The molecule has 0 aliphatic carbocycles. The molecular weight excluding hydrogens is 507 g/mol. The van der Waals surface area contributed by atoms with Crippen LogP contribution >= 0.6 is 23.2 Å². The van der Waals surface area contributed by atoms with Gasteiger partial charge in [0.2, 0.25) is 5.91 Å². The van der Waals surface area contributed by atoms with E-state index in [1.807, 2.05) is 11.0 Å². The Labute approximate surface area is 231 Å². The second-order valence-electron chi connectivity index (χ2n) is 10.8. The fraction of sp³-hybridized carbons (Fsp3) is 0.517. The lowest BCUT2D eigenvalue weighted by atomic mass is 9.95. The van der Waals surface area contributed by atoms with Gasteiger partial charge < -0.3 is 20.9 Å². The largest absolute Gasteiger partial charge is 0.350 e. The minimum Gasteiger partial charge on any atom is -0.350 e. The summed E-state index contributed by atoms with van der Waals surface area (Å²) in [4.78, 5) is 28.4. The maximum atomic E-state index is 13.7. The fourth-order valence-corrected chi connectivity index (χ4v) is 4.94. The zero-order chi connectivity index (χ0) is 27.0. The molecular formula is C29H40Cl2N4O2. The predicted molar refractivity (Wildman–Crippen MR) is 153 cm³/mol. The van der Waals surface area contributed by atoms with Crippen LogP contribution in [0.1, 0.15) is 68.8 Å². The van der Waals surface area contributed by atoms with Crippen molar-refractivity contribution in [2.45, 2.75) is 70.5 Å². The van der Waals surface area contributed by atoms with E-state index in [1.54, 1.807) is 18.2 Å². The summed E-state index contributed by atoms with van der Waals surface area (Å²) < 4.78 is 0. The second kappa shape index (κ2) is 13.6. The molecule has 2 aromatic rings. The van der Waals surface area contributed by atoms with Gasteiger partial charge in [-0.25, -0.2) is 0 Å². The lowest BCUT2D eigenvalue weighted by Crippen LogP contribution is -2.50. The Kier molecular flexibility index (Phi) is 10.8. The maximum Gasteiger partial charge on any atom is 0.251 e. The van der Waals surface area contributed by atoms with Crippen molar-refractivity contribution in [1.82, 2.24) is 20.9 Å². The monoisotopic (exact) mass is 546 g/mol. The first-order valence-electron chi connectivity index (χ1n) is 13.2. The highest BCUT2D eigenvalue weighted by molar-refractivity contribution is 6.42. The minimum atomic E-state index is -0.322. The van der Waals surface area contributed by atoms with Crippen molar-refractivity contribution in [2.24, 2.45) is 0 Å². The molecule has 202 valence electrons. The summed E-state index contributed by atoms with van der Waals surface area (Å²) >= 11 is 12.1. The molecule has 0 radical (unpaired) electrons. The molecule has 0 spiro atoms. The van der Waals surface area contributed by atoms with Gasteiger partial charge in [-0.3, -0.25) is 9.59 Å². The summed E-state index contributed by atoms with van der Waals surface area (Å²) in [6, 6.07) is 14.9. The van der Waals surface area contributed by atoms with Crippen LogP contribution in [0.2, 0.25) is 10.0 Å². The number of amides is 2. The highest BCUT2D eigenvalue weighted by atomic mass is 35.5. The molecule has 2 aromatic carbocycles. The molecule has 2 amide bonds. The molecule has 3 N–H and O–H groups in total. The van der Waals surface area contributed by atoms with Gasteiger partial charge in [0.05, 0.1) is 16.1 Å². The molecule has 1 aliphatic rings. The van der Waals surface area contributed by atoms with E-state index in [9.17, 15) is 9.59 Å². The fourth-order valence-electron chi connectivity index (χ4n) is 4.64. The number of halogens is 2. The molecule has 1 unspecified atom stereocenters. The zero-order valence-electron chi connectivity index (χ0n) is 22.3. The molecule has 3 atom stereocenters. The Morgan fingerprint density at radius 3 is 2.51 bits per heavy atom. The normalized spacial score (nSPS) is 19.4. The van der Waals surface area contributed by atoms with Crippen LogP contribution in [0, 0.1) is 0 Å². The highest BCUT2D eigenvalue weighted by Gasteiger charge is 2.32. The van der Waals surface area contributed by atoms with Gasteiger partial charge in [-0.15, -0.1) is 0 Å². The van der Waals surface area contributed by atoms with E-state index in [4.69, 9.17) is 23.2 Å². The van der Waals surface area contributed by atoms with Crippen molar-refractivity contribution in [3.05, 3.63) is 69.7 Å². The van der Waals surface area contributed by atoms with Gasteiger partial charge in [0.25, 0.3) is 5.91 Å². The average molecular weight is 548 g/mol. The number of nitrogens with zero attached hydrogens (tertiary/aromatic N) is 1. The Morgan fingerprint density at radius 1 is 1.14 bits per heavy atom. The third-order valence-corrected chi connectivity index (χ3v) is 7.52. The predicted octanol–water partition coefficient (Wildman–Crippen LogP) is 5.25. The first-order valence-corrected chi connectivity index (χ1v) is 13.9. The van der Waals surface area contributed by atoms with Gasteiger partial charge in [-0.1, -0.05) is 60.5 Å².